The second-order valence-corrected chi connectivity index (χ2v) is 6.55. The van der Waals surface area contributed by atoms with Crippen LogP contribution < -0.4 is 5.32 Å². The van der Waals surface area contributed by atoms with E-state index in [0.29, 0.717) is 18.8 Å². The minimum Gasteiger partial charge on any atom is -0.292 e. The summed E-state index contributed by atoms with van der Waals surface area (Å²) in [4.78, 5) is 16.1. The number of H-pyrrole nitrogens is 1. The first-order valence-corrected chi connectivity index (χ1v) is 7.89. The summed E-state index contributed by atoms with van der Waals surface area (Å²) in [6.45, 7) is 2.09. The molecule has 1 aromatic heterocycles. The van der Waals surface area contributed by atoms with Crippen LogP contribution >= 0.6 is 0 Å². The molecule has 0 aliphatic carbocycles. The summed E-state index contributed by atoms with van der Waals surface area (Å²) in [5.41, 5.74) is 0. The van der Waals surface area contributed by atoms with E-state index in [0.717, 1.165) is 19.1 Å². The van der Waals surface area contributed by atoms with Crippen LogP contribution in [0.15, 0.2) is 0 Å². The van der Waals surface area contributed by atoms with Gasteiger partial charge in [-0.15, -0.1) is 5.10 Å². The summed E-state index contributed by atoms with van der Waals surface area (Å²) in [6, 6.07) is -0.678. The number of aromatic nitrogens is 3. The first-order valence-electron chi connectivity index (χ1n) is 6.04. The fourth-order valence-electron chi connectivity index (χ4n) is 2.16. The Morgan fingerprint density at radius 3 is 2.79 bits per heavy atom. The van der Waals surface area contributed by atoms with Crippen molar-refractivity contribution in [3.8, 4) is 0 Å². The summed E-state index contributed by atoms with van der Waals surface area (Å²) < 4.78 is 24.6. The van der Waals surface area contributed by atoms with Crippen LogP contribution in [0.5, 0.6) is 0 Å². The van der Waals surface area contributed by atoms with E-state index < -0.39 is 16.1 Å². The highest BCUT2D eigenvalue weighted by Gasteiger charge is 2.34. The van der Waals surface area contributed by atoms with E-state index in [-0.39, 0.29) is 11.9 Å². The molecule has 0 aromatic carbocycles. The van der Waals surface area contributed by atoms with E-state index in [2.05, 4.69) is 20.5 Å². The Labute approximate surface area is 111 Å². The van der Waals surface area contributed by atoms with Gasteiger partial charge in [0.25, 0.3) is 0 Å². The molecule has 2 N–H and O–H groups in total. The number of carbonyl (C=O) groups is 1. The number of carbonyl (C=O) groups excluding carboxylic acids is 1. The SMILES string of the molecule is Cc1nc(NC(=O)C2CCCCN2S(C)(=O)=O)n[nH]1. The lowest BCUT2D eigenvalue weighted by Crippen LogP contribution is -2.49. The van der Waals surface area contributed by atoms with Crippen LogP contribution in [-0.4, -0.2) is 52.7 Å². The van der Waals surface area contributed by atoms with Crippen LogP contribution in [0.3, 0.4) is 0 Å². The molecule has 19 heavy (non-hydrogen) atoms. The number of amides is 1. The summed E-state index contributed by atoms with van der Waals surface area (Å²) >= 11 is 0. The summed E-state index contributed by atoms with van der Waals surface area (Å²) in [7, 11) is -3.38. The molecule has 2 rings (SSSR count). The van der Waals surface area contributed by atoms with Crippen molar-refractivity contribution in [1.82, 2.24) is 19.5 Å². The number of piperidine rings is 1. The number of aryl methyl sites for hydroxylation is 1. The van der Waals surface area contributed by atoms with Gasteiger partial charge in [0.2, 0.25) is 21.9 Å². The van der Waals surface area contributed by atoms with Crippen LogP contribution in [0.4, 0.5) is 5.95 Å². The van der Waals surface area contributed by atoms with Crippen molar-refractivity contribution in [2.24, 2.45) is 0 Å². The Morgan fingerprint density at radius 2 is 2.21 bits per heavy atom. The van der Waals surface area contributed by atoms with Gasteiger partial charge in [-0.3, -0.25) is 15.2 Å². The van der Waals surface area contributed by atoms with E-state index in [9.17, 15) is 13.2 Å². The molecule has 1 amide bonds. The van der Waals surface area contributed by atoms with Gasteiger partial charge in [-0.2, -0.15) is 9.29 Å². The largest absolute Gasteiger partial charge is 0.292 e. The molecular formula is C10H17N5O3S. The predicted molar refractivity (Wildman–Crippen MR) is 68.9 cm³/mol. The number of rotatable bonds is 3. The molecule has 1 atom stereocenters. The molecule has 1 aliphatic rings. The van der Waals surface area contributed by atoms with Crippen LogP contribution in [0, 0.1) is 6.92 Å². The van der Waals surface area contributed by atoms with Crippen LogP contribution in [-0.2, 0) is 14.8 Å². The van der Waals surface area contributed by atoms with Crippen molar-refractivity contribution >= 4 is 21.9 Å². The fourth-order valence-corrected chi connectivity index (χ4v) is 3.28. The number of aromatic amines is 1. The van der Waals surface area contributed by atoms with Gasteiger partial charge < -0.3 is 0 Å². The van der Waals surface area contributed by atoms with Crippen molar-refractivity contribution < 1.29 is 13.2 Å². The lowest BCUT2D eigenvalue weighted by Gasteiger charge is -2.32. The second kappa shape index (κ2) is 5.25. The number of hydrogen-bond acceptors (Lipinski definition) is 5. The van der Waals surface area contributed by atoms with E-state index >= 15 is 0 Å². The number of nitrogens with zero attached hydrogens (tertiary/aromatic N) is 3. The van der Waals surface area contributed by atoms with E-state index in [1.165, 1.54) is 4.31 Å². The van der Waals surface area contributed by atoms with Crippen molar-refractivity contribution in [2.45, 2.75) is 32.2 Å². The normalized spacial score (nSPS) is 21.3. The molecule has 8 nitrogen and oxygen atoms in total. The summed E-state index contributed by atoms with van der Waals surface area (Å²) in [6.07, 6.45) is 3.24. The molecule has 0 spiro atoms. The Morgan fingerprint density at radius 1 is 1.47 bits per heavy atom. The van der Waals surface area contributed by atoms with Gasteiger partial charge in [-0.25, -0.2) is 8.42 Å². The predicted octanol–water partition coefficient (Wildman–Crippen LogP) is -0.134. The number of hydrogen-bond donors (Lipinski definition) is 2. The third-order valence-corrected chi connectivity index (χ3v) is 4.30. The minimum atomic E-state index is -3.38. The van der Waals surface area contributed by atoms with Gasteiger partial charge in [-0.05, 0) is 19.8 Å². The maximum Gasteiger partial charge on any atom is 0.248 e. The molecule has 2 heterocycles. The van der Waals surface area contributed by atoms with Crippen molar-refractivity contribution in [3.63, 3.8) is 0 Å². The highest BCUT2D eigenvalue weighted by atomic mass is 32.2. The maximum atomic E-state index is 12.1. The molecule has 0 saturated carbocycles. The van der Waals surface area contributed by atoms with Gasteiger partial charge in [0.15, 0.2) is 0 Å². The zero-order chi connectivity index (χ0) is 14.0. The first kappa shape index (κ1) is 13.9. The monoisotopic (exact) mass is 287 g/mol. The summed E-state index contributed by atoms with van der Waals surface area (Å²) in [5.74, 6) is 0.365. The standard InChI is InChI=1S/C10H17N5O3S/c1-7-11-10(14-13-7)12-9(16)8-5-3-4-6-15(8)19(2,17)18/h8H,3-6H2,1-2H3,(H2,11,12,13,14,16). The Bertz CT molecular complexity index is 567. The molecule has 1 aromatic rings. The molecule has 1 saturated heterocycles. The van der Waals surface area contributed by atoms with E-state index in [1.807, 2.05) is 0 Å². The van der Waals surface area contributed by atoms with Crippen LogP contribution in [0.2, 0.25) is 0 Å². The van der Waals surface area contributed by atoms with Crippen molar-refractivity contribution in [3.05, 3.63) is 5.82 Å². The van der Waals surface area contributed by atoms with Gasteiger partial charge >= 0.3 is 0 Å². The van der Waals surface area contributed by atoms with Crippen LogP contribution in [0.25, 0.3) is 0 Å². The van der Waals surface area contributed by atoms with Crippen LogP contribution in [0.1, 0.15) is 25.1 Å². The Balaban J connectivity index is 2.12. The fraction of sp³-hybridized carbons (Fsp3) is 0.700. The van der Waals surface area contributed by atoms with Crippen molar-refractivity contribution in [2.75, 3.05) is 18.1 Å². The molecule has 0 bridgehead atoms. The highest BCUT2D eigenvalue weighted by Crippen LogP contribution is 2.20. The van der Waals surface area contributed by atoms with Gasteiger partial charge in [-0.1, -0.05) is 6.42 Å². The third-order valence-electron chi connectivity index (χ3n) is 3.01. The highest BCUT2D eigenvalue weighted by molar-refractivity contribution is 7.88. The average Bonchev–Trinajstić information content (AvgIpc) is 2.73. The first-order chi connectivity index (χ1) is 8.88. The minimum absolute atomic E-state index is 0.168. The maximum absolute atomic E-state index is 12.1. The molecule has 1 unspecified atom stereocenters. The quantitative estimate of drug-likeness (QED) is 0.804. The third kappa shape index (κ3) is 3.29. The molecule has 9 heteroatoms. The molecular weight excluding hydrogens is 270 g/mol. The lowest BCUT2D eigenvalue weighted by atomic mass is 10.0. The smallest absolute Gasteiger partial charge is 0.248 e. The van der Waals surface area contributed by atoms with Gasteiger partial charge in [0, 0.05) is 6.54 Å². The zero-order valence-electron chi connectivity index (χ0n) is 10.9. The van der Waals surface area contributed by atoms with E-state index in [1.54, 1.807) is 6.92 Å². The van der Waals surface area contributed by atoms with Crippen molar-refractivity contribution in [1.29, 1.82) is 0 Å². The topological polar surface area (TPSA) is 108 Å². The number of anilines is 1. The second-order valence-electron chi connectivity index (χ2n) is 4.62. The van der Waals surface area contributed by atoms with Gasteiger partial charge in [0.05, 0.1) is 6.26 Å². The number of sulfonamides is 1. The summed E-state index contributed by atoms with van der Waals surface area (Å²) in [5, 5.41) is 8.95. The lowest BCUT2D eigenvalue weighted by molar-refractivity contribution is -0.120. The van der Waals surface area contributed by atoms with E-state index in [4.69, 9.17) is 0 Å². The average molecular weight is 287 g/mol. The zero-order valence-corrected chi connectivity index (χ0v) is 11.7. The van der Waals surface area contributed by atoms with Gasteiger partial charge in [0.1, 0.15) is 11.9 Å². The molecule has 106 valence electrons. The Hall–Kier alpha value is -1.48. The molecule has 0 radical (unpaired) electrons. The molecule has 1 fully saturated rings. The Kier molecular flexibility index (Phi) is 3.85. The number of nitrogens with one attached hydrogen (secondary N) is 2. The molecule has 1 aliphatic heterocycles.